The van der Waals surface area contributed by atoms with Crippen LogP contribution >= 0.6 is 0 Å². The smallest absolute Gasteiger partial charge is 0.416 e. The highest BCUT2D eigenvalue weighted by molar-refractivity contribution is 6.09. The van der Waals surface area contributed by atoms with Gasteiger partial charge in [-0.15, -0.1) is 0 Å². The molecule has 2 aliphatic rings. The molecule has 174 valence electrons. The number of carbonyl (C=O) groups is 4. The van der Waals surface area contributed by atoms with Gasteiger partial charge in [-0.2, -0.15) is 13.2 Å². The van der Waals surface area contributed by atoms with Gasteiger partial charge in [0.05, 0.1) is 5.56 Å². The molecule has 3 rings (SSSR count). The first-order valence-electron chi connectivity index (χ1n) is 10.3. The van der Waals surface area contributed by atoms with Gasteiger partial charge in [0.2, 0.25) is 0 Å². The van der Waals surface area contributed by atoms with E-state index in [1.165, 1.54) is 13.0 Å². The summed E-state index contributed by atoms with van der Waals surface area (Å²) in [7, 11) is 0. The molecule has 0 aromatic heterocycles. The summed E-state index contributed by atoms with van der Waals surface area (Å²) in [4.78, 5) is 50.5. The summed E-state index contributed by atoms with van der Waals surface area (Å²) in [6, 6.07) is 3.32. The van der Waals surface area contributed by atoms with Crippen LogP contribution in [0.5, 0.6) is 0 Å². The van der Waals surface area contributed by atoms with E-state index in [9.17, 15) is 32.3 Å². The summed E-state index contributed by atoms with van der Waals surface area (Å²) in [5.74, 6) is -2.41. The number of amides is 4. The van der Waals surface area contributed by atoms with E-state index in [0.717, 1.165) is 42.4 Å². The lowest BCUT2D eigenvalue weighted by atomic mass is 9.73. The number of ether oxygens (including phenoxy) is 1. The molecule has 0 radical (unpaired) electrons. The van der Waals surface area contributed by atoms with Gasteiger partial charge in [-0.25, -0.2) is 4.79 Å². The molecule has 1 aliphatic carbocycles. The topological polar surface area (TPSA) is 105 Å². The number of halogens is 3. The molecule has 8 nitrogen and oxygen atoms in total. The van der Waals surface area contributed by atoms with Crippen LogP contribution in [0.15, 0.2) is 24.3 Å². The summed E-state index contributed by atoms with van der Waals surface area (Å²) < 4.78 is 43.4. The quantitative estimate of drug-likeness (QED) is 0.525. The van der Waals surface area contributed by atoms with Crippen LogP contribution in [0, 0.1) is 5.92 Å². The fourth-order valence-electron chi connectivity index (χ4n) is 4.07. The third-order valence-corrected chi connectivity index (χ3v) is 5.92. The van der Waals surface area contributed by atoms with Crippen molar-refractivity contribution in [3.63, 3.8) is 0 Å². The Balaban J connectivity index is 1.58. The third-order valence-electron chi connectivity index (χ3n) is 5.92. The average Bonchev–Trinajstić information content (AvgIpc) is 2.94. The first kappa shape index (κ1) is 23.6. The Bertz CT molecular complexity index is 936. The molecule has 0 bridgehead atoms. The number of benzene rings is 1. The van der Waals surface area contributed by atoms with Gasteiger partial charge in [-0.3, -0.25) is 19.3 Å². The van der Waals surface area contributed by atoms with Crippen molar-refractivity contribution in [3.05, 3.63) is 29.8 Å². The molecule has 2 fully saturated rings. The van der Waals surface area contributed by atoms with E-state index in [1.54, 1.807) is 0 Å². The number of hydrogen-bond acceptors (Lipinski definition) is 5. The largest absolute Gasteiger partial charge is 0.451 e. The zero-order valence-corrected chi connectivity index (χ0v) is 17.6. The van der Waals surface area contributed by atoms with Gasteiger partial charge < -0.3 is 15.4 Å². The maximum atomic E-state index is 12.9. The highest BCUT2D eigenvalue weighted by atomic mass is 19.4. The van der Waals surface area contributed by atoms with Gasteiger partial charge in [0, 0.05) is 5.69 Å². The molecule has 32 heavy (non-hydrogen) atoms. The first-order chi connectivity index (χ1) is 14.9. The maximum Gasteiger partial charge on any atom is 0.416 e. The zero-order valence-electron chi connectivity index (χ0n) is 17.6. The van der Waals surface area contributed by atoms with Gasteiger partial charge in [0.15, 0.2) is 6.10 Å². The summed E-state index contributed by atoms with van der Waals surface area (Å²) in [6.07, 6.45) is -2.94. The van der Waals surface area contributed by atoms with Gasteiger partial charge in [0.25, 0.3) is 11.8 Å². The molecule has 1 aliphatic heterocycles. The van der Waals surface area contributed by atoms with Gasteiger partial charge >= 0.3 is 18.2 Å². The molecule has 1 spiro atoms. The minimum absolute atomic E-state index is 0.0779. The highest BCUT2D eigenvalue weighted by Crippen LogP contribution is 2.38. The Morgan fingerprint density at radius 1 is 1.31 bits per heavy atom. The van der Waals surface area contributed by atoms with E-state index in [-0.39, 0.29) is 11.6 Å². The molecule has 3 unspecified atom stereocenters. The molecule has 4 amide bonds. The van der Waals surface area contributed by atoms with E-state index >= 15 is 0 Å². The number of carbonyl (C=O) groups excluding carboxylic acids is 4. The van der Waals surface area contributed by atoms with E-state index in [2.05, 4.69) is 10.6 Å². The minimum atomic E-state index is -4.57. The highest BCUT2D eigenvalue weighted by Gasteiger charge is 2.55. The fourth-order valence-corrected chi connectivity index (χ4v) is 4.07. The van der Waals surface area contributed by atoms with Gasteiger partial charge in [0.1, 0.15) is 12.1 Å². The predicted molar refractivity (Wildman–Crippen MR) is 106 cm³/mol. The second-order valence-electron chi connectivity index (χ2n) is 8.14. The SMILES string of the molecule is CC(OC(=O)CN1C(=O)NC2(CCCCC2C)C1=O)C(=O)Nc1cccc(C(F)(F)F)c1. The van der Waals surface area contributed by atoms with Crippen molar-refractivity contribution in [2.45, 2.75) is 57.3 Å². The Morgan fingerprint density at radius 3 is 2.69 bits per heavy atom. The van der Waals surface area contributed by atoms with E-state index in [4.69, 9.17) is 4.74 Å². The number of anilines is 1. The van der Waals surface area contributed by atoms with Gasteiger partial charge in [-0.1, -0.05) is 25.8 Å². The van der Waals surface area contributed by atoms with Gasteiger partial charge in [-0.05, 0) is 43.9 Å². The summed E-state index contributed by atoms with van der Waals surface area (Å²) in [5, 5.41) is 4.96. The normalized spacial score (nSPS) is 24.3. The van der Waals surface area contributed by atoms with E-state index < -0.39 is 53.7 Å². The number of nitrogens with zero attached hydrogens (tertiary/aromatic N) is 1. The molecule has 1 aromatic carbocycles. The van der Waals surface area contributed by atoms with Crippen LogP contribution in [0.25, 0.3) is 0 Å². The van der Waals surface area contributed by atoms with Crippen molar-refractivity contribution < 1.29 is 37.1 Å². The Morgan fingerprint density at radius 2 is 2.03 bits per heavy atom. The molecule has 1 saturated carbocycles. The third kappa shape index (κ3) is 4.71. The molecule has 2 N–H and O–H groups in total. The summed E-state index contributed by atoms with van der Waals surface area (Å²) in [6.45, 7) is 2.44. The number of urea groups is 1. The Kier molecular flexibility index (Phi) is 6.47. The minimum Gasteiger partial charge on any atom is -0.451 e. The van der Waals surface area contributed by atoms with Crippen LogP contribution in [0.4, 0.5) is 23.7 Å². The lowest BCUT2D eigenvalue weighted by Gasteiger charge is -2.36. The fraction of sp³-hybridized carbons (Fsp3) is 0.524. The standard InChI is InChI=1S/C21H24F3N3O5/c1-12-6-3-4-9-20(12)18(30)27(19(31)26-20)11-16(28)32-13(2)17(29)25-15-8-5-7-14(10-15)21(22,23)24/h5,7-8,10,12-13H,3-4,6,9,11H2,1-2H3,(H,25,29)(H,26,31). The number of hydrogen-bond donors (Lipinski definition) is 2. The first-order valence-corrected chi connectivity index (χ1v) is 10.3. The van der Waals surface area contributed by atoms with Crippen LogP contribution in [-0.2, 0) is 25.3 Å². The molecule has 1 aromatic rings. The van der Waals surface area contributed by atoms with Crippen LogP contribution in [0.1, 0.15) is 45.1 Å². The Labute approximate surface area is 182 Å². The monoisotopic (exact) mass is 455 g/mol. The van der Waals surface area contributed by atoms with Crippen LogP contribution < -0.4 is 10.6 Å². The van der Waals surface area contributed by atoms with Crippen LogP contribution in [0.2, 0.25) is 0 Å². The number of esters is 1. The lowest BCUT2D eigenvalue weighted by Crippen LogP contribution is -2.54. The van der Waals surface area contributed by atoms with Crippen molar-refractivity contribution in [2.24, 2.45) is 5.92 Å². The summed E-state index contributed by atoms with van der Waals surface area (Å²) in [5.41, 5.74) is -2.08. The Hall–Kier alpha value is -3.11. The number of alkyl halides is 3. The van der Waals surface area contributed by atoms with Crippen molar-refractivity contribution in [1.29, 1.82) is 0 Å². The zero-order chi connectivity index (χ0) is 23.7. The number of rotatable bonds is 5. The predicted octanol–water partition coefficient (Wildman–Crippen LogP) is 3.08. The summed E-state index contributed by atoms with van der Waals surface area (Å²) >= 11 is 0. The molecule has 1 heterocycles. The van der Waals surface area contributed by atoms with E-state index in [1.807, 2.05) is 6.92 Å². The average molecular weight is 455 g/mol. The van der Waals surface area contributed by atoms with Crippen molar-refractivity contribution in [2.75, 3.05) is 11.9 Å². The number of nitrogens with one attached hydrogen (secondary N) is 2. The molecule has 11 heteroatoms. The van der Waals surface area contributed by atoms with Crippen molar-refractivity contribution >= 4 is 29.5 Å². The molecular formula is C21H24F3N3O5. The maximum absolute atomic E-state index is 12.9. The van der Waals surface area contributed by atoms with Crippen molar-refractivity contribution in [1.82, 2.24) is 10.2 Å². The molecule has 3 atom stereocenters. The number of imide groups is 1. The van der Waals surface area contributed by atoms with Crippen LogP contribution in [-0.4, -0.2) is 46.9 Å². The van der Waals surface area contributed by atoms with Crippen molar-refractivity contribution in [3.8, 4) is 0 Å². The van der Waals surface area contributed by atoms with Crippen LogP contribution in [0.3, 0.4) is 0 Å². The lowest BCUT2D eigenvalue weighted by molar-refractivity contribution is -0.155. The molecular weight excluding hydrogens is 431 g/mol. The molecule has 1 saturated heterocycles. The second kappa shape index (κ2) is 8.79. The second-order valence-corrected chi connectivity index (χ2v) is 8.14. The van der Waals surface area contributed by atoms with E-state index in [0.29, 0.717) is 6.42 Å².